The fourth-order valence-corrected chi connectivity index (χ4v) is 5.77. The summed E-state index contributed by atoms with van der Waals surface area (Å²) in [7, 11) is -4.02. The van der Waals surface area contributed by atoms with Crippen LogP contribution in [0.25, 0.3) is 11.3 Å². The van der Waals surface area contributed by atoms with Gasteiger partial charge in [-0.2, -0.15) is 0 Å². The Hall–Kier alpha value is -4.07. The molecule has 214 valence electrons. The zero-order chi connectivity index (χ0) is 29.4. The predicted molar refractivity (Wildman–Crippen MR) is 145 cm³/mol. The maximum Gasteiger partial charge on any atom is 0.416 e. The van der Waals surface area contributed by atoms with Crippen LogP contribution in [0.4, 0.5) is 15.4 Å². The van der Waals surface area contributed by atoms with Crippen molar-refractivity contribution in [1.82, 2.24) is 23.8 Å². The van der Waals surface area contributed by atoms with E-state index in [2.05, 4.69) is 15.0 Å². The Bertz CT molecular complexity index is 1550. The third kappa shape index (κ3) is 5.91. The molecule has 13 nitrogen and oxygen atoms in total. The smallest absolute Gasteiger partial charge is 0.416 e. The van der Waals surface area contributed by atoms with E-state index in [1.54, 1.807) is 32.9 Å². The number of imidazole rings is 1. The van der Waals surface area contributed by atoms with Crippen molar-refractivity contribution in [2.45, 2.75) is 51.5 Å². The largest absolute Gasteiger partial charge is 0.465 e. The molecule has 1 aromatic carbocycles. The molecule has 0 spiro atoms. The van der Waals surface area contributed by atoms with Gasteiger partial charge in [0.15, 0.2) is 17.2 Å². The van der Waals surface area contributed by atoms with Gasteiger partial charge in [-0.25, -0.2) is 36.9 Å². The molecule has 2 amide bonds. The van der Waals surface area contributed by atoms with Gasteiger partial charge in [-0.05, 0) is 45.7 Å². The van der Waals surface area contributed by atoms with Crippen LogP contribution in [0.2, 0.25) is 0 Å². The van der Waals surface area contributed by atoms with Crippen LogP contribution in [-0.2, 0) is 19.6 Å². The number of rotatable bonds is 7. The number of ketones is 1. The fraction of sp³-hybridized carbons (Fsp3) is 0.462. The second-order valence-electron chi connectivity index (χ2n) is 10.7. The highest BCUT2D eigenvalue weighted by atomic mass is 32.2. The Morgan fingerprint density at radius 1 is 1.12 bits per heavy atom. The molecule has 1 aliphatic heterocycles. The lowest BCUT2D eigenvalue weighted by atomic mass is 9.90. The van der Waals surface area contributed by atoms with Crippen molar-refractivity contribution >= 4 is 45.1 Å². The number of carbonyl (C=O) groups excluding carboxylic acids is 2. The van der Waals surface area contributed by atoms with Crippen LogP contribution in [0.5, 0.6) is 0 Å². The van der Waals surface area contributed by atoms with E-state index in [0.29, 0.717) is 6.42 Å². The number of Topliss-reactive ketones (excluding diaryl/α,β-unsaturated/α-hetero) is 1. The molecule has 3 heterocycles. The topological polar surface area (TPSA) is 165 Å². The number of anilines is 1. The Morgan fingerprint density at radius 3 is 2.40 bits per heavy atom. The first kappa shape index (κ1) is 28.9. The summed E-state index contributed by atoms with van der Waals surface area (Å²) in [6.45, 7) is 8.56. The molecule has 0 saturated carbocycles. The number of likely N-dealkylation sites (tertiary alicyclic amines) is 1. The van der Waals surface area contributed by atoms with Gasteiger partial charge in [0.1, 0.15) is 11.9 Å². The summed E-state index contributed by atoms with van der Waals surface area (Å²) in [6.07, 6.45) is 0.883. The molecule has 40 heavy (non-hydrogen) atoms. The minimum absolute atomic E-state index is 0.0286. The third-order valence-electron chi connectivity index (χ3n) is 6.65. The monoisotopic (exact) mass is 572 g/mol. The van der Waals surface area contributed by atoms with Crippen LogP contribution in [0.3, 0.4) is 0 Å². The maximum absolute atomic E-state index is 13.4. The van der Waals surface area contributed by atoms with Crippen molar-refractivity contribution in [3.63, 3.8) is 0 Å². The molecule has 4 rings (SSSR count). The zero-order valence-electron chi connectivity index (χ0n) is 22.9. The highest BCUT2D eigenvalue weighted by Crippen LogP contribution is 2.29. The molecule has 1 aliphatic rings. The molecule has 3 aromatic rings. The lowest BCUT2D eigenvalue weighted by Crippen LogP contribution is -2.43. The Kier molecular flexibility index (Phi) is 7.83. The second kappa shape index (κ2) is 10.8. The quantitative estimate of drug-likeness (QED) is 0.444. The highest BCUT2D eigenvalue weighted by molar-refractivity contribution is 7.90. The number of carboxylic acid groups (broad SMARTS) is 1. The number of hydrogen-bond acceptors (Lipinski definition) is 9. The average molecular weight is 573 g/mol. The number of nitrogens with zero attached hydrogens (tertiary/aromatic N) is 6. The summed E-state index contributed by atoms with van der Waals surface area (Å²) in [5, 5.41) is 9.41. The molecule has 1 saturated heterocycles. The zero-order valence-corrected chi connectivity index (χ0v) is 23.8. The molecular formula is C26H32N6O7S. The molecule has 0 radical (unpaired) electrons. The number of ether oxygens (including phenoxy) is 1. The Labute approximate surface area is 231 Å². The van der Waals surface area contributed by atoms with Gasteiger partial charge < -0.3 is 14.7 Å². The normalized spacial score (nSPS) is 17.7. The molecule has 2 atom stereocenters. The molecule has 0 unspecified atom stereocenters. The highest BCUT2D eigenvalue weighted by Gasteiger charge is 2.40. The summed E-state index contributed by atoms with van der Waals surface area (Å²) in [5.74, 6) is -1.22. The molecular weight excluding hydrogens is 540 g/mol. The number of benzene rings is 1. The predicted octanol–water partition coefficient (Wildman–Crippen LogP) is 3.32. The van der Waals surface area contributed by atoms with Crippen LogP contribution in [0, 0.1) is 18.8 Å². The van der Waals surface area contributed by atoms with Gasteiger partial charge >= 0.3 is 12.2 Å². The van der Waals surface area contributed by atoms with E-state index in [0.717, 1.165) is 20.8 Å². The summed E-state index contributed by atoms with van der Waals surface area (Å²) in [4.78, 5) is 53.0. The van der Waals surface area contributed by atoms with E-state index in [4.69, 9.17) is 4.74 Å². The van der Waals surface area contributed by atoms with E-state index in [1.807, 2.05) is 13.8 Å². The molecule has 0 aliphatic carbocycles. The Balaban J connectivity index is 1.68. The van der Waals surface area contributed by atoms with Gasteiger partial charge in [0.05, 0.1) is 17.6 Å². The maximum atomic E-state index is 13.4. The van der Waals surface area contributed by atoms with E-state index < -0.39 is 40.3 Å². The van der Waals surface area contributed by atoms with Crippen molar-refractivity contribution in [3.8, 4) is 0 Å². The standard InChI is InChI=1S/C26H32N6O7S/c1-6-17-12-30(24(34)35)13-19(17)20(33)14-31(25(36)39-26(3,4)5)21-11-27-23-22(29-21)28-15-32(23)40(37,38)18-9-7-16(2)8-10-18/h7-11,15,17,19H,6,12-14H2,1-5H3,(H,34,35)/t17-,19+/m0/s1. The minimum Gasteiger partial charge on any atom is -0.465 e. The first-order valence-corrected chi connectivity index (χ1v) is 14.2. The van der Waals surface area contributed by atoms with Crippen LogP contribution in [0.1, 0.15) is 39.7 Å². The van der Waals surface area contributed by atoms with Gasteiger partial charge in [-0.1, -0.05) is 31.0 Å². The van der Waals surface area contributed by atoms with Gasteiger partial charge in [0, 0.05) is 19.0 Å². The lowest BCUT2D eigenvalue weighted by molar-refractivity contribution is -0.122. The number of amides is 2. The Morgan fingerprint density at radius 2 is 1.80 bits per heavy atom. The first-order chi connectivity index (χ1) is 18.7. The average Bonchev–Trinajstić information content (AvgIpc) is 3.51. The molecule has 0 bridgehead atoms. The van der Waals surface area contributed by atoms with E-state index >= 15 is 0 Å². The van der Waals surface area contributed by atoms with Crippen molar-refractivity contribution in [1.29, 1.82) is 0 Å². The number of aryl methyl sites for hydroxylation is 1. The lowest BCUT2D eigenvalue weighted by Gasteiger charge is -2.27. The number of hydrogen-bond donors (Lipinski definition) is 1. The second-order valence-corrected chi connectivity index (χ2v) is 12.5. The number of carbonyl (C=O) groups is 3. The van der Waals surface area contributed by atoms with Gasteiger partial charge in [0.2, 0.25) is 5.65 Å². The van der Waals surface area contributed by atoms with E-state index in [1.165, 1.54) is 23.2 Å². The van der Waals surface area contributed by atoms with Crippen LogP contribution < -0.4 is 4.90 Å². The summed E-state index contributed by atoms with van der Waals surface area (Å²) in [6, 6.07) is 6.31. The van der Waals surface area contributed by atoms with Crippen molar-refractivity contribution in [2.24, 2.45) is 11.8 Å². The van der Waals surface area contributed by atoms with Gasteiger partial charge in [-0.3, -0.25) is 9.69 Å². The van der Waals surface area contributed by atoms with Crippen LogP contribution in [-0.4, -0.2) is 80.6 Å². The minimum atomic E-state index is -4.02. The molecule has 14 heteroatoms. The van der Waals surface area contributed by atoms with Crippen LogP contribution >= 0.6 is 0 Å². The van der Waals surface area contributed by atoms with E-state index in [9.17, 15) is 27.9 Å². The van der Waals surface area contributed by atoms with Gasteiger partial charge in [0.25, 0.3) is 10.0 Å². The van der Waals surface area contributed by atoms with Crippen molar-refractivity contribution in [3.05, 3.63) is 42.4 Å². The third-order valence-corrected chi connectivity index (χ3v) is 8.30. The molecule has 1 N–H and O–H groups in total. The fourth-order valence-electron chi connectivity index (χ4n) is 4.53. The number of aromatic nitrogens is 4. The van der Waals surface area contributed by atoms with Gasteiger partial charge in [-0.15, -0.1) is 0 Å². The van der Waals surface area contributed by atoms with Crippen molar-refractivity contribution in [2.75, 3.05) is 24.5 Å². The SMILES string of the molecule is CC[C@H]1CN(C(=O)O)C[C@H]1C(=O)CN(C(=O)OC(C)(C)C)c1cnc2c(ncn2S(=O)(=O)c2ccc(C)cc2)n1. The summed E-state index contributed by atoms with van der Waals surface area (Å²) in [5.41, 5.74) is -0.106. The van der Waals surface area contributed by atoms with Crippen molar-refractivity contribution < 1.29 is 32.6 Å². The summed E-state index contributed by atoms with van der Waals surface area (Å²) >= 11 is 0. The molecule has 2 aromatic heterocycles. The first-order valence-electron chi connectivity index (χ1n) is 12.7. The van der Waals surface area contributed by atoms with Crippen LogP contribution in [0.15, 0.2) is 41.7 Å². The number of fused-ring (bicyclic) bond motifs is 1. The molecule has 1 fully saturated rings. The summed E-state index contributed by atoms with van der Waals surface area (Å²) < 4.78 is 32.8. The van der Waals surface area contributed by atoms with E-state index in [-0.39, 0.29) is 46.8 Å².